The number of nitrogens with zero attached hydrogens (tertiary/aromatic N) is 1. The van der Waals surface area contributed by atoms with Crippen molar-refractivity contribution in [3.05, 3.63) is 46.1 Å². The number of anilines is 1. The molecule has 0 radical (unpaired) electrons. The van der Waals surface area contributed by atoms with E-state index in [4.69, 9.17) is 33.7 Å². The van der Waals surface area contributed by atoms with E-state index in [0.29, 0.717) is 22.2 Å². The molecule has 0 saturated heterocycles. The van der Waals surface area contributed by atoms with E-state index in [-0.39, 0.29) is 11.8 Å². The maximum Gasteiger partial charge on any atom is 0.241 e. The first-order chi connectivity index (χ1) is 10.0. The molecule has 2 heterocycles. The molecule has 1 amide bonds. The topological polar surface area (TPSA) is 77.2 Å². The minimum absolute atomic E-state index is 0.182. The van der Waals surface area contributed by atoms with Gasteiger partial charge in [-0.1, -0.05) is 23.2 Å². The number of ether oxygens (including phenoxy) is 1. The van der Waals surface area contributed by atoms with Gasteiger partial charge in [0, 0.05) is 11.9 Å². The molecule has 1 aromatic heterocycles. The number of aromatic nitrogens is 1. The number of nitrogens with two attached hydrogens (primary N) is 1. The average molecular weight is 324 g/mol. The smallest absolute Gasteiger partial charge is 0.241 e. The Balaban J connectivity index is 1.87. The summed E-state index contributed by atoms with van der Waals surface area (Å²) in [4.78, 5) is 15.5. The first-order valence-electron chi connectivity index (χ1n) is 6.21. The van der Waals surface area contributed by atoms with Gasteiger partial charge in [0.1, 0.15) is 10.8 Å². The van der Waals surface area contributed by atoms with Gasteiger partial charge in [0.25, 0.3) is 0 Å². The zero-order valence-corrected chi connectivity index (χ0v) is 12.3. The third-order valence-electron chi connectivity index (χ3n) is 3.10. The summed E-state index contributed by atoms with van der Waals surface area (Å²) in [5.74, 6) is 0.651. The van der Waals surface area contributed by atoms with Crippen LogP contribution in [0.4, 0.5) is 5.69 Å². The number of fused-ring (bicyclic) bond motifs is 1. The van der Waals surface area contributed by atoms with E-state index in [0.717, 1.165) is 11.3 Å². The van der Waals surface area contributed by atoms with Crippen LogP contribution in [0, 0.1) is 0 Å². The molecule has 2 aromatic rings. The molecule has 21 heavy (non-hydrogen) atoms. The van der Waals surface area contributed by atoms with Crippen molar-refractivity contribution in [3.63, 3.8) is 0 Å². The second-order valence-electron chi connectivity index (χ2n) is 4.66. The molecule has 1 aliphatic rings. The van der Waals surface area contributed by atoms with E-state index >= 15 is 0 Å². The Bertz CT molecular complexity index is 721. The molecule has 1 atom stereocenters. The monoisotopic (exact) mass is 323 g/mol. The van der Waals surface area contributed by atoms with Crippen LogP contribution in [0.5, 0.6) is 11.6 Å². The molecule has 0 fully saturated rings. The molecule has 3 N–H and O–H groups in total. The van der Waals surface area contributed by atoms with Gasteiger partial charge in [-0.3, -0.25) is 4.79 Å². The van der Waals surface area contributed by atoms with Crippen LogP contribution in [0.2, 0.25) is 10.0 Å². The van der Waals surface area contributed by atoms with Crippen molar-refractivity contribution in [2.75, 3.05) is 5.32 Å². The van der Waals surface area contributed by atoms with E-state index < -0.39 is 6.04 Å². The predicted octanol–water partition coefficient (Wildman–Crippen LogP) is 3.00. The molecule has 0 aliphatic carbocycles. The molecular formula is C14H11Cl2N3O2. The van der Waals surface area contributed by atoms with Gasteiger partial charge in [0.05, 0.1) is 11.1 Å². The number of halogens is 2. The van der Waals surface area contributed by atoms with Crippen LogP contribution in [0.25, 0.3) is 0 Å². The van der Waals surface area contributed by atoms with Crippen molar-refractivity contribution in [1.29, 1.82) is 0 Å². The summed E-state index contributed by atoms with van der Waals surface area (Å²) in [6, 6.07) is 6.30. The Kier molecular flexibility index (Phi) is 3.71. The fourth-order valence-corrected chi connectivity index (χ4v) is 2.49. The zero-order chi connectivity index (χ0) is 15.0. The number of rotatable bonds is 2. The van der Waals surface area contributed by atoms with Gasteiger partial charge in [-0.25, -0.2) is 4.98 Å². The van der Waals surface area contributed by atoms with Crippen molar-refractivity contribution >= 4 is 34.8 Å². The van der Waals surface area contributed by atoms with Gasteiger partial charge in [0.15, 0.2) is 0 Å². The first kappa shape index (κ1) is 14.1. The SMILES string of the molecule is NC1Cc2cc(Oc3ncc(Cl)cc3Cl)ccc2NC1=O. The van der Waals surface area contributed by atoms with Crippen LogP contribution in [-0.4, -0.2) is 16.9 Å². The molecule has 0 saturated carbocycles. The Labute approximate surface area is 131 Å². The van der Waals surface area contributed by atoms with E-state index in [1.165, 1.54) is 6.20 Å². The molecule has 1 aromatic carbocycles. The number of carbonyl (C=O) groups is 1. The van der Waals surface area contributed by atoms with Crippen molar-refractivity contribution < 1.29 is 9.53 Å². The Morgan fingerprint density at radius 3 is 2.90 bits per heavy atom. The maximum atomic E-state index is 11.5. The lowest BCUT2D eigenvalue weighted by Crippen LogP contribution is -2.40. The molecule has 108 valence electrons. The van der Waals surface area contributed by atoms with E-state index in [1.54, 1.807) is 24.3 Å². The summed E-state index contributed by atoms with van der Waals surface area (Å²) in [5.41, 5.74) is 7.38. The van der Waals surface area contributed by atoms with Gasteiger partial charge < -0.3 is 15.8 Å². The first-order valence-corrected chi connectivity index (χ1v) is 6.97. The number of benzene rings is 1. The minimum atomic E-state index is -0.551. The number of amides is 1. The van der Waals surface area contributed by atoms with Crippen molar-refractivity contribution in [3.8, 4) is 11.6 Å². The summed E-state index contributed by atoms with van der Waals surface area (Å²) in [6.07, 6.45) is 1.91. The van der Waals surface area contributed by atoms with Crippen molar-refractivity contribution in [2.24, 2.45) is 5.73 Å². The van der Waals surface area contributed by atoms with Crippen LogP contribution in [-0.2, 0) is 11.2 Å². The molecule has 1 unspecified atom stereocenters. The number of hydrogen-bond acceptors (Lipinski definition) is 4. The summed E-state index contributed by atoms with van der Waals surface area (Å²) < 4.78 is 5.64. The average Bonchev–Trinajstić information content (AvgIpc) is 2.43. The molecule has 0 bridgehead atoms. The molecule has 5 nitrogen and oxygen atoms in total. The summed E-state index contributed by atoms with van der Waals surface area (Å²) in [7, 11) is 0. The lowest BCUT2D eigenvalue weighted by molar-refractivity contribution is -0.117. The van der Waals surface area contributed by atoms with Crippen LogP contribution >= 0.6 is 23.2 Å². The van der Waals surface area contributed by atoms with Crippen LogP contribution < -0.4 is 15.8 Å². The lowest BCUT2D eigenvalue weighted by atomic mass is 9.99. The van der Waals surface area contributed by atoms with Crippen molar-refractivity contribution in [2.45, 2.75) is 12.5 Å². The second kappa shape index (κ2) is 5.52. The Morgan fingerprint density at radius 2 is 2.14 bits per heavy atom. The Morgan fingerprint density at radius 1 is 1.33 bits per heavy atom. The normalized spacial score (nSPS) is 17.1. The quantitative estimate of drug-likeness (QED) is 0.890. The molecule has 3 rings (SSSR count). The molecule has 0 spiro atoms. The molecule has 7 heteroatoms. The van der Waals surface area contributed by atoms with E-state index in [2.05, 4.69) is 10.3 Å². The van der Waals surface area contributed by atoms with Gasteiger partial charge in [-0.2, -0.15) is 0 Å². The summed E-state index contributed by atoms with van der Waals surface area (Å²) >= 11 is 11.8. The highest BCUT2D eigenvalue weighted by molar-refractivity contribution is 6.35. The highest BCUT2D eigenvalue weighted by Gasteiger charge is 2.23. The largest absolute Gasteiger partial charge is 0.438 e. The predicted molar refractivity (Wildman–Crippen MR) is 81.1 cm³/mol. The minimum Gasteiger partial charge on any atom is -0.438 e. The molecule has 1 aliphatic heterocycles. The fourth-order valence-electron chi connectivity index (χ4n) is 2.07. The van der Waals surface area contributed by atoms with Gasteiger partial charge in [-0.05, 0) is 36.2 Å². The van der Waals surface area contributed by atoms with Gasteiger partial charge in [-0.15, -0.1) is 0 Å². The highest BCUT2D eigenvalue weighted by Crippen LogP contribution is 2.32. The van der Waals surface area contributed by atoms with Crippen LogP contribution in [0.15, 0.2) is 30.5 Å². The van der Waals surface area contributed by atoms with Crippen LogP contribution in [0.3, 0.4) is 0 Å². The second-order valence-corrected chi connectivity index (χ2v) is 5.51. The molecular weight excluding hydrogens is 313 g/mol. The summed E-state index contributed by atoms with van der Waals surface area (Å²) in [5, 5.41) is 3.50. The number of nitrogens with one attached hydrogen (secondary N) is 1. The van der Waals surface area contributed by atoms with Gasteiger partial charge >= 0.3 is 0 Å². The highest BCUT2D eigenvalue weighted by atomic mass is 35.5. The van der Waals surface area contributed by atoms with E-state index in [1.807, 2.05) is 0 Å². The fraction of sp³-hybridized carbons (Fsp3) is 0.143. The summed E-state index contributed by atoms with van der Waals surface area (Å²) in [6.45, 7) is 0. The zero-order valence-electron chi connectivity index (χ0n) is 10.8. The van der Waals surface area contributed by atoms with Crippen LogP contribution in [0.1, 0.15) is 5.56 Å². The van der Waals surface area contributed by atoms with E-state index in [9.17, 15) is 4.79 Å². The number of hydrogen-bond donors (Lipinski definition) is 2. The van der Waals surface area contributed by atoms with Gasteiger partial charge in [0.2, 0.25) is 11.8 Å². The maximum absolute atomic E-state index is 11.5. The van der Waals surface area contributed by atoms with Crippen molar-refractivity contribution in [1.82, 2.24) is 4.98 Å². The Hall–Kier alpha value is -1.82. The standard InChI is InChI=1S/C14H11Cl2N3O2/c15-8-5-10(16)14(18-6-8)21-9-1-2-12-7(3-9)4-11(17)13(20)19-12/h1-3,5-6,11H,4,17H2,(H,19,20). The third-order valence-corrected chi connectivity index (χ3v) is 3.58. The lowest BCUT2D eigenvalue weighted by Gasteiger charge is -2.22. The number of pyridine rings is 1. The number of carbonyl (C=O) groups excluding carboxylic acids is 1. The third kappa shape index (κ3) is 2.95.